The Hall–Kier alpha value is -1.98. The van der Waals surface area contributed by atoms with E-state index in [0.29, 0.717) is 13.1 Å². The van der Waals surface area contributed by atoms with E-state index in [4.69, 9.17) is 0 Å². The predicted octanol–water partition coefficient (Wildman–Crippen LogP) is 1.58. The van der Waals surface area contributed by atoms with E-state index >= 15 is 0 Å². The number of amides is 1. The van der Waals surface area contributed by atoms with Crippen LogP contribution in [-0.4, -0.2) is 48.0 Å². The molecule has 1 heterocycles. The number of hydrogen-bond donors (Lipinski definition) is 2. The number of aromatic nitrogens is 1. The van der Waals surface area contributed by atoms with Gasteiger partial charge in [0, 0.05) is 39.1 Å². The maximum Gasteiger partial charge on any atom is 0.227 e. The summed E-state index contributed by atoms with van der Waals surface area (Å²) in [4.78, 5) is 18.8. The highest BCUT2D eigenvalue weighted by atomic mass is 16.2. The third-order valence-corrected chi connectivity index (χ3v) is 3.72. The van der Waals surface area contributed by atoms with E-state index in [1.54, 1.807) is 0 Å². The Bertz CT molecular complexity index is 533. The van der Waals surface area contributed by atoms with Crippen molar-refractivity contribution in [1.82, 2.24) is 20.1 Å². The molecule has 0 radical (unpaired) electrons. The molecular weight excluding hydrogens is 290 g/mol. The van der Waals surface area contributed by atoms with Gasteiger partial charge >= 0.3 is 0 Å². The summed E-state index contributed by atoms with van der Waals surface area (Å²) in [5, 5.41) is 6.16. The molecule has 130 valence electrons. The number of nitrogens with zero attached hydrogens (tertiary/aromatic N) is 3. The Labute approximate surface area is 140 Å². The van der Waals surface area contributed by atoms with Gasteiger partial charge in [-0.2, -0.15) is 0 Å². The van der Waals surface area contributed by atoms with Crippen molar-refractivity contribution in [3.05, 3.63) is 24.0 Å². The Balaban J connectivity index is 2.79. The van der Waals surface area contributed by atoms with Gasteiger partial charge in [-0.15, -0.1) is 0 Å². The van der Waals surface area contributed by atoms with Gasteiger partial charge in [0.15, 0.2) is 5.96 Å². The number of aliphatic imine (C=N–C) groups is 1. The first-order valence-electron chi connectivity index (χ1n) is 8.19. The molecule has 0 saturated heterocycles. The molecule has 0 saturated carbocycles. The van der Waals surface area contributed by atoms with Gasteiger partial charge in [-0.25, -0.2) is 0 Å². The average Bonchev–Trinajstić information content (AvgIpc) is 2.88. The molecule has 0 atom stereocenters. The number of carbonyl (C=O) groups is 1. The summed E-state index contributed by atoms with van der Waals surface area (Å²) < 4.78 is 2.10. The minimum atomic E-state index is -0.525. The highest BCUT2D eigenvalue weighted by Gasteiger charge is 2.27. The molecule has 1 rings (SSSR count). The molecule has 0 unspecified atom stereocenters. The van der Waals surface area contributed by atoms with Crippen molar-refractivity contribution in [2.75, 3.05) is 26.7 Å². The fourth-order valence-electron chi connectivity index (χ4n) is 2.19. The maximum absolute atomic E-state index is 12.1. The summed E-state index contributed by atoms with van der Waals surface area (Å²) >= 11 is 0. The van der Waals surface area contributed by atoms with Gasteiger partial charge in [-0.3, -0.25) is 9.79 Å². The fraction of sp³-hybridized carbons (Fsp3) is 0.647. The van der Waals surface area contributed by atoms with Crippen LogP contribution in [0.25, 0.3) is 0 Å². The van der Waals surface area contributed by atoms with Gasteiger partial charge in [-0.1, -0.05) is 0 Å². The first-order valence-corrected chi connectivity index (χ1v) is 8.19. The van der Waals surface area contributed by atoms with Crippen LogP contribution in [0.4, 0.5) is 0 Å². The summed E-state index contributed by atoms with van der Waals surface area (Å²) in [6.45, 7) is 10.4. The molecule has 1 amide bonds. The highest BCUT2D eigenvalue weighted by Crippen LogP contribution is 2.16. The summed E-state index contributed by atoms with van der Waals surface area (Å²) in [5.74, 6) is 0.843. The van der Waals surface area contributed by atoms with Gasteiger partial charge < -0.3 is 20.1 Å². The van der Waals surface area contributed by atoms with E-state index < -0.39 is 5.41 Å². The zero-order chi connectivity index (χ0) is 17.5. The molecule has 6 heteroatoms. The van der Waals surface area contributed by atoms with E-state index in [1.165, 1.54) is 5.69 Å². The minimum absolute atomic E-state index is 0.0321. The number of guanidine groups is 1. The van der Waals surface area contributed by atoms with E-state index in [2.05, 4.69) is 31.2 Å². The largest absolute Gasteiger partial charge is 0.357 e. The zero-order valence-corrected chi connectivity index (χ0v) is 15.3. The minimum Gasteiger partial charge on any atom is -0.357 e. The third kappa shape index (κ3) is 5.62. The average molecular weight is 321 g/mol. The highest BCUT2D eigenvalue weighted by molar-refractivity contribution is 5.83. The summed E-state index contributed by atoms with van der Waals surface area (Å²) in [5.41, 5.74) is 0.684. The SMILES string of the molecule is CCNC(=O)C(C)(C)CN=C(NCC)N(C)Cc1cccn1C. The van der Waals surface area contributed by atoms with Gasteiger partial charge in [-0.05, 0) is 39.8 Å². The van der Waals surface area contributed by atoms with Crippen LogP contribution in [0.3, 0.4) is 0 Å². The monoisotopic (exact) mass is 321 g/mol. The number of nitrogens with one attached hydrogen (secondary N) is 2. The van der Waals surface area contributed by atoms with Gasteiger partial charge in [0.1, 0.15) is 0 Å². The Morgan fingerprint density at radius 2 is 1.96 bits per heavy atom. The number of hydrogen-bond acceptors (Lipinski definition) is 2. The topological polar surface area (TPSA) is 61.7 Å². The van der Waals surface area contributed by atoms with Crippen molar-refractivity contribution in [3.8, 4) is 0 Å². The van der Waals surface area contributed by atoms with E-state index in [9.17, 15) is 4.79 Å². The zero-order valence-electron chi connectivity index (χ0n) is 15.3. The molecule has 1 aromatic heterocycles. The summed E-state index contributed by atoms with van der Waals surface area (Å²) in [7, 11) is 4.04. The maximum atomic E-state index is 12.1. The second-order valence-electron chi connectivity index (χ2n) is 6.38. The van der Waals surface area contributed by atoms with Crippen LogP contribution >= 0.6 is 0 Å². The summed E-state index contributed by atoms with van der Waals surface area (Å²) in [6.07, 6.45) is 2.03. The van der Waals surface area contributed by atoms with Gasteiger partial charge in [0.25, 0.3) is 0 Å². The molecule has 0 aromatic carbocycles. The van der Waals surface area contributed by atoms with Gasteiger partial charge in [0.2, 0.25) is 5.91 Å². The number of rotatable bonds is 7. The molecule has 0 bridgehead atoms. The molecule has 0 aliphatic rings. The van der Waals surface area contributed by atoms with Crippen molar-refractivity contribution in [2.24, 2.45) is 17.5 Å². The first-order chi connectivity index (χ1) is 10.8. The quantitative estimate of drug-likeness (QED) is 0.592. The van der Waals surface area contributed by atoms with Crippen LogP contribution < -0.4 is 10.6 Å². The summed E-state index contributed by atoms with van der Waals surface area (Å²) in [6, 6.07) is 4.13. The van der Waals surface area contributed by atoms with E-state index in [0.717, 1.165) is 19.0 Å². The molecule has 0 fully saturated rings. The molecular formula is C17H31N5O. The van der Waals surface area contributed by atoms with Crippen LogP contribution in [0.2, 0.25) is 0 Å². The molecule has 23 heavy (non-hydrogen) atoms. The van der Waals surface area contributed by atoms with Gasteiger partial charge in [0.05, 0.1) is 18.5 Å². The Morgan fingerprint density at radius 1 is 1.30 bits per heavy atom. The van der Waals surface area contributed by atoms with Crippen molar-refractivity contribution >= 4 is 11.9 Å². The second kappa shape index (κ2) is 8.60. The van der Waals surface area contributed by atoms with E-state index in [-0.39, 0.29) is 5.91 Å². The lowest BCUT2D eigenvalue weighted by Gasteiger charge is -2.25. The van der Waals surface area contributed by atoms with E-state index in [1.807, 2.05) is 54.1 Å². The second-order valence-corrected chi connectivity index (χ2v) is 6.38. The molecule has 0 aliphatic heterocycles. The Morgan fingerprint density at radius 3 is 2.48 bits per heavy atom. The third-order valence-electron chi connectivity index (χ3n) is 3.72. The standard InChI is InChI=1S/C17H31N5O/c1-7-18-15(23)17(3,4)13-20-16(19-8-2)22(6)12-14-10-9-11-21(14)5/h9-11H,7-8,12-13H2,1-6H3,(H,18,23)(H,19,20). The van der Waals surface area contributed by atoms with Crippen LogP contribution in [0, 0.1) is 5.41 Å². The fourth-order valence-corrected chi connectivity index (χ4v) is 2.19. The molecule has 2 N–H and O–H groups in total. The molecule has 6 nitrogen and oxygen atoms in total. The lowest BCUT2D eigenvalue weighted by atomic mass is 9.92. The van der Waals surface area contributed by atoms with Crippen LogP contribution in [0.1, 0.15) is 33.4 Å². The lowest BCUT2D eigenvalue weighted by Crippen LogP contribution is -2.42. The van der Waals surface area contributed by atoms with Crippen molar-refractivity contribution in [3.63, 3.8) is 0 Å². The number of aryl methyl sites for hydroxylation is 1. The van der Waals surface area contributed by atoms with Crippen molar-refractivity contribution in [2.45, 2.75) is 34.2 Å². The molecule has 0 spiro atoms. The van der Waals surface area contributed by atoms with Crippen molar-refractivity contribution < 1.29 is 4.79 Å². The van der Waals surface area contributed by atoms with Crippen LogP contribution in [0.5, 0.6) is 0 Å². The first kappa shape index (κ1) is 19.1. The van der Waals surface area contributed by atoms with Crippen LogP contribution in [0.15, 0.2) is 23.3 Å². The van der Waals surface area contributed by atoms with Crippen LogP contribution in [-0.2, 0) is 18.4 Å². The van der Waals surface area contributed by atoms with Crippen molar-refractivity contribution in [1.29, 1.82) is 0 Å². The predicted molar refractivity (Wildman–Crippen MR) is 95.3 cm³/mol. The molecule has 0 aliphatic carbocycles. The lowest BCUT2D eigenvalue weighted by molar-refractivity contribution is -0.128. The normalized spacial score (nSPS) is 12.2. The number of carbonyl (C=O) groups excluding carboxylic acids is 1. The smallest absolute Gasteiger partial charge is 0.227 e. The Kier molecular flexibility index (Phi) is 7.13. The molecule has 1 aromatic rings.